The minimum atomic E-state index is -0.173. The van der Waals surface area contributed by atoms with Crippen molar-refractivity contribution in [1.82, 2.24) is 0 Å². The molecule has 5 heteroatoms. The van der Waals surface area contributed by atoms with Crippen molar-refractivity contribution in [2.45, 2.75) is 18.9 Å². The highest BCUT2D eigenvalue weighted by Crippen LogP contribution is 2.37. The average molecular weight is 271 g/mol. The molecular weight excluding hydrogens is 256 g/mol. The van der Waals surface area contributed by atoms with Crippen LogP contribution in [0.1, 0.15) is 12.8 Å². The molecule has 0 N–H and O–H groups in total. The zero-order chi connectivity index (χ0) is 13.1. The van der Waals surface area contributed by atoms with Gasteiger partial charge in [0.25, 0.3) is 0 Å². The Hall–Kier alpha value is -1.42. The smallest absolute Gasteiger partial charge is 0.308 e. The van der Waals surface area contributed by atoms with E-state index in [-0.39, 0.29) is 18.0 Å². The third kappa shape index (κ3) is 2.70. The Labute approximate surface area is 111 Å². The van der Waals surface area contributed by atoms with Crippen LogP contribution < -0.4 is 9.47 Å². The second-order valence-electron chi connectivity index (χ2n) is 4.23. The molecular formula is C13H15ClO4. The van der Waals surface area contributed by atoms with Crippen LogP contribution in [-0.2, 0) is 9.53 Å². The van der Waals surface area contributed by atoms with Gasteiger partial charge in [0.1, 0.15) is 6.10 Å². The molecule has 2 rings (SSSR count). The van der Waals surface area contributed by atoms with Gasteiger partial charge in [-0.1, -0.05) is 11.6 Å². The van der Waals surface area contributed by atoms with Crippen LogP contribution >= 0.6 is 11.6 Å². The molecule has 0 aliphatic heterocycles. The molecule has 18 heavy (non-hydrogen) atoms. The van der Waals surface area contributed by atoms with Gasteiger partial charge in [-0.2, -0.15) is 0 Å². The van der Waals surface area contributed by atoms with Gasteiger partial charge in [-0.3, -0.25) is 4.79 Å². The molecule has 1 aromatic rings. The molecule has 0 atom stereocenters. The van der Waals surface area contributed by atoms with E-state index < -0.39 is 0 Å². The highest BCUT2D eigenvalue weighted by atomic mass is 35.5. The summed E-state index contributed by atoms with van der Waals surface area (Å²) in [5.41, 5.74) is 0. The minimum absolute atomic E-state index is 0.0152. The molecule has 1 aromatic carbocycles. The van der Waals surface area contributed by atoms with Gasteiger partial charge >= 0.3 is 5.97 Å². The maximum Gasteiger partial charge on any atom is 0.308 e. The fourth-order valence-electron chi connectivity index (χ4n) is 1.94. The molecule has 1 saturated carbocycles. The molecule has 0 saturated heterocycles. The second-order valence-corrected chi connectivity index (χ2v) is 4.66. The van der Waals surface area contributed by atoms with E-state index in [1.165, 1.54) is 7.11 Å². The number of carbonyl (C=O) groups is 1. The van der Waals surface area contributed by atoms with Crippen LogP contribution in [0.15, 0.2) is 18.2 Å². The Balaban J connectivity index is 1.95. The van der Waals surface area contributed by atoms with Crippen molar-refractivity contribution in [2.24, 2.45) is 5.92 Å². The number of esters is 1. The second kappa shape index (κ2) is 5.48. The summed E-state index contributed by atoms with van der Waals surface area (Å²) in [5, 5.41) is 0.592. The number of hydrogen-bond donors (Lipinski definition) is 0. The monoisotopic (exact) mass is 270 g/mol. The summed E-state index contributed by atoms with van der Waals surface area (Å²) in [6, 6.07) is 5.21. The lowest BCUT2D eigenvalue weighted by Crippen LogP contribution is -2.38. The summed E-state index contributed by atoms with van der Waals surface area (Å²) < 4.78 is 15.6. The highest BCUT2D eigenvalue weighted by Gasteiger charge is 2.37. The van der Waals surface area contributed by atoms with Crippen LogP contribution in [0.25, 0.3) is 0 Å². The summed E-state index contributed by atoms with van der Waals surface area (Å²) >= 11 is 5.91. The lowest BCUT2D eigenvalue weighted by Gasteiger charge is -2.33. The summed E-state index contributed by atoms with van der Waals surface area (Å²) in [4.78, 5) is 11.2. The predicted octanol–water partition coefficient (Wildman–Crippen LogP) is 2.68. The Morgan fingerprint density at radius 1 is 1.28 bits per heavy atom. The summed E-state index contributed by atoms with van der Waals surface area (Å²) in [6.45, 7) is 0. The van der Waals surface area contributed by atoms with Gasteiger partial charge in [0.05, 0.1) is 20.1 Å². The van der Waals surface area contributed by atoms with Crippen LogP contribution in [0.4, 0.5) is 0 Å². The Morgan fingerprint density at radius 2 is 2.00 bits per heavy atom. The first-order valence-electron chi connectivity index (χ1n) is 5.72. The third-order valence-corrected chi connectivity index (χ3v) is 3.28. The molecule has 0 amide bonds. The molecule has 0 aromatic heterocycles. The summed E-state index contributed by atoms with van der Waals surface area (Å²) in [6.07, 6.45) is 1.35. The number of carbonyl (C=O) groups excluding carboxylic acids is 1. The van der Waals surface area contributed by atoms with Crippen molar-refractivity contribution >= 4 is 17.6 Å². The first kappa shape index (κ1) is 13.0. The largest absolute Gasteiger partial charge is 0.493 e. The lowest BCUT2D eigenvalue weighted by atomic mass is 9.82. The van der Waals surface area contributed by atoms with Crippen LogP contribution in [0.5, 0.6) is 11.5 Å². The van der Waals surface area contributed by atoms with E-state index in [0.29, 0.717) is 29.4 Å². The first-order chi connectivity index (χ1) is 8.63. The molecule has 0 heterocycles. The zero-order valence-corrected chi connectivity index (χ0v) is 11.1. The van der Waals surface area contributed by atoms with Crippen molar-refractivity contribution in [3.8, 4) is 11.5 Å². The number of rotatable bonds is 4. The van der Waals surface area contributed by atoms with Crippen LogP contribution in [-0.4, -0.2) is 26.3 Å². The molecule has 0 bridgehead atoms. The van der Waals surface area contributed by atoms with Crippen LogP contribution in [0.2, 0.25) is 5.02 Å². The molecule has 98 valence electrons. The Bertz CT molecular complexity index is 441. The van der Waals surface area contributed by atoms with Gasteiger partial charge in [-0.15, -0.1) is 0 Å². The maximum atomic E-state index is 11.2. The zero-order valence-electron chi connectivity index (χ0n) is 10.3. The topological polar surface area (TPSA) is 44.8 Å². The minimum Gasteiger partial charge on any atom is -0.493 e. The van der Waals surface area contributed by atoms with E-state index in [9.17, 15) is 4.79 Å². The van der Waals surface area contributed by atoms with Gasteiger partial charge < -0.3 is 14.2 Å². The van der Waals surface area contributed by atoms with Crippen molar-refractivity contribution < 1.29 is 19.0 Å². The normalized spacial score (nSPS) is 21.9. The van der Waals surface area contributed by atoms with Crippen molar-refractivity contribution in [3.63, 3.8) is 0 Å². The number of methoxy groups -OCH3 is 2. The van der Waals surface area contributed by atoms with E-state index in [0.717, 1.165) is 0 Å². The van der Waals surface area contributed by atoms with Crippen molar-refractivity contribution in [1.29, 1.82) is 0 Å². The van der Waals surface area contributed by atoms with Gasteiger partial charge in [0.15, 0.2) is 11.5 Å². The van der Waals surface area contributed by atoms with E-state index >= 15 is 0 Å². The fourth-order valence-corrected chi connectivity index (χ4v) is 2.11. The molecule has 1 aliphatic rings. The SMILES string of the molecule is COc1ccc(Cl)cc1O[C@H]1C[C@H](C(=O)OC)C1. The van der Waals surface area contributed by atoms with Crippen molar-refractivity contribution in [2.75, 3.05) is 14.2 Å². The van der Waals surface area contributed by atoms with Crippen LogP contribution in [0.3, 0.4) is 0 Å². The quantitative estimate of drug-likeness (QED) is 0.789. The summed E-state index contributed by atoms with van der Waals surface area (Å²) in [7, 11) is 2.98. The van der Waals surface area contributed by atoms with Crippen molar-refractivity contribution in [3.05, 3.63) is 23.2 Å². The lowest BCUT2D eigenvalue weighted by molar-refractivity contribution is -0.151. The van der Waals surface area contributed by atoms with E-state index in [2.05, 4.69) is 4.74 Å². The van der Waals surface area contributed by atoms with E-state index in [1.807, 2.05) is 0 Å². The maximum absolute atomic E-state index is 11.2. The molecule has 0 unspecified atom stereocenters. The van der Waals surface area contributed by atoms with Gasteiger partial charge in [-0.05, 0) is 25.0 Å². The van der Waals surface area contributed by atoms with E-state index in [1.54, 1.807) is 25.3 Å². The number of halogens is 1. The standard InChI is InChI=1S/C13H15ClO4/c1-16-11-4-3-9(14)7-12(11)18-10-5-8(6-10)13(15)17-2/h3-4,7-8,10H,5-6H2,1-2H3/t8-,10-. The highest BCUT2D eigenvalue weighted by molar-refractivity contribution is 6.30. The van der Waals surface area contributed by atoms with E-state index in [4.69, 9.17) is 21.1 Å². The van der Waals surface area contributed by atoms with Gasteiger partial charge in [-0.25, -0.2) is 0 Å². The molecule has 0 radical (unpaired) electrons. The average Bonchev–Trinajstić information content (AvgIpc) is 2.32. The summed E-state index contributed by atoms with van der Waals surface area (Å²) in [5.74, 6) is 1.03. The molecule has 1 aliphatic carbocycles. The number of hydrogen-bond acceptors (Lipinski definition) is 4. The van der Waals surface area contributed by atoms with Gasteiger partial charge in [0, 0.05) is 11.1 Å². The number of benzene rings is 1. The Kier molecular flexibility index (Phi) is 3.97. The molecule has 1 fully saturated rings. The Morgan fingerprint density at radius 3 is 2.61 bits per heavy atom. The first-order valence-corrected chi connectivity index (χ1v) is 6.10. The number of ether oxygens (including phenoxy) is 3. The fraction of sp³-hybridized carbons (Fsp3) is 0.462. The third-order valence-electron chi connectivity index (χ3n) is 3.05. The van der Waals surface area contributed by atoms with Gasteiger partial charge in [0.2, 0.25) is 0 Å². The molecule has 0 spiro atoms. The van der Waals surface area contributed by atoms with Crippen LogP contribution in [0, 0.1) is 5.92 Å². The molecule has 4 nitrogen and oxygen atoms in total. The predicted molar refractivity (Wildman–Crippen MR) is 67.2 cm³/mol.